The minimum Gasteiger partial charge on any atom is -0.293 e. The first kappa shape index (κ1) is 12.8. The quantitative estimate of drug-likeness (QED) is 0.759. The lowest BCUT2D eigenvalue weighted by molar-refractivity contribution is 0.0985. The van der Waals surface area contributed by atoms with Crippen LogP contribution in [-0.2, 0) is 9.84 Å². The van der Waals surface area contributed by atoms with E-state index in [1.54, 1.807) is 6.92 Å². The van der Waals surface area contributed by atoms with Crippen molar-refractivity contribution in [3.05, 3.63) is 35.6 Å². The van der Waals surface area contributed by atoms with E-state index in [1.165, 1.54) is 18.2 Å². The van der Waals surface area contributed by atoms with Crippen LogP contribution >= 0.6 is 0 Å². The number of hydrogen-bond acceptors (Lipinski definition) is 3. The number of rotatable bonds is 4. The standard InChI is InChI=1S/C11H13FO3S/c1-3-10(16(2,14)15)11(13)8-5-4-6-9(12)7-8/h4-7,10H,3H2,1-2H3/t10-/m1/s1. The molecule has 0 radical (unpaired) electrons. The van der Waals surface area contributed by atoms with E-state index < -0.39 is 26.7 Å². The number of halogens is 1. The molecule has 0 saturated heterocycles. The Kier molecular flexibility index (Phi) is 3.80. The molecular weight excluding hydrogens is 231 g/mol. The van der Waals surface area contributed by atoms with Crippen molar-refractivity contribution in [1.29, 1.82) is 0 Å². The molecule has 0 fully saturated rings. The van der Waals surface area contributed by atoms with Crippen molar-refractivity contribution in [3.63, 3.8) is 0 Å². The van der Waals surface area contributed by atoms with E-state index in [0.29, 0.717) is 0 Å². The van der Waals surface area contributed by atoms with Gasteiger partial charge in [-0.25, -0.2) is 12.8 Å². The molecule has 0 aliphatic rings. The van der Waals surface area contributed by atoms with Gasteiger partial charge in [-0.15, -0.1) is 0 Å². The zero-order valence-electron chi connectivity index (χ0n) is 9.10. The van der Waals surface area contributed by atoms with E-state index in [0.717, 1.165) is 12.3 Å². The lowest BCUT2D eigenvalue weighted by Crippen LogP contribution is -2.28. The first-order valence-corrected chi connectivity index (χ1v) is 6.80. The molecule has 1 aromatic carbocycles. The Morgan fingerprint density at radius 1 is 1.44 bits per heavy atom. The van der Waals surface area contributed by atoms with Gasteiger partial charge in [0.2, 0.25) is 0 Å². The zero-order valence-corrected chi connectivity index (χ0v) is 9.92. The Labute approximate surface area is 94.2 Å². The normalized spacial score (nSPS) is 13.4. The Morgan fingerprint density at radius 2 is 2.06 bits per heavy atom. The van der Waals surface area contributed by atoms with Gasteiger partial charge >= 0.3 is 0 Å². The SMILES string of the molecule is CC[C@H](C(=O)c1cccc(F)c1)S(C)(=O)=O. The molecule has 0 N–H and O–H groups in total. The van der Waals surface area contributed by atoms with Crippen LogP contribution in [0, 0.1) is 5.82 Å². The largest absolute Gasteiger partial charge is 0.293 e. The number of hydrogen-bond donors (Lipinski definition) is 0. The summed E-state index contributed by atoms with van der Waals surface area (Å²) < 4.78 is 35.6. The second kappa shape index (κ2) is 4.74. The summed E-state index contributed by atoms with van der Waals surface area (Å²) in [5, 5.41) is -1.09. The molecule has 0 bridgehead atoms. The van der Waals surface area contributed by atoms with E-state index in [1.807, 2.05) is 0 Å². The van der Waals surface area contributed by atoms with Crippen molar-refractivity contribution in [2.75, 3.05) is 6.26 Å². The van der Waals surface area contributed by atoms with Gasteiger partial charge in [0.25, 0.3) is 0 Å². The fourth-order valence-electron chi connectivity index (χ4n) is 1.51. The lowest BCUT2D eigenvalue weighted by atomic mass is 10.1. The third-order valence-electron chi connectivity index (χ3n) is 2.29. The molecule has 0 unspecified atom stereocenters. The molecule has 0 aliphatic carbocycles. The number of carbonyl (C=O) groups is 1. The van der Waals surface area contributed by atoms with Gasteiger partial charge in [0.15, 0.2) is 15.6 Å². The molecule has 1 rings (SSSR count). The van der Waals surface area contributed by atoms with Gasteiger partial charge in [0, 0.05) is 11.8 Å². The highest BCUT2D eigenvalue weighted by atomic mass is 32.2. The molecule has 1 aromatic rings. The van der Waals surface area contributed by atoms with Crippen LogP contribution in [0.1, 0.15) is 23.7 Å². The summed E-state index contributed by atoms with van der Waals surface area (Å²) >= 11 is 0. The van der Waals surface area contributed by atoms with Crippen LogP contribution in [0.4, 0.5) is 4.39 Å². The molecule has 1 atom stereocenters. The van der Waals surface area contributed by atoms with Crippen LogP contribution in [-0.4, -0.2) is 25.7 Å². The molecule has 0 aromatic heterocycles. The molecule has 0 aliphatic heterocycles. The van der Waals surface area contributed by atoms with Crippen LogP contribution in [0.15, 0.2) is 24.3 Å². The molecule has 0 saturated carbocycles. The fourth-order valence-corrected chi connectivity index (χ4v) is 2.64. The predicted octanol–water partition coefficient (Wildman–Crippen LogP) is 1.83. The maximum atomic E-state index is 12.9. The van der Waals surface area contributed by atoms with Crippen molar-refractivity contribution < 1.29 is 17.6 Å². The van der Waals surface area contributed by atoms with E-state index in [9.17, 15) is 17.6 Å². The summed E-state index contributed by atoms with van der Waals surface area (Å²) in [6, 6.07) is 5.06. The number of ketones is 1. The number of benzene rings is 1. The molecule has 0 amide bonds. The smallest absolute Gasteiger partial charge is 0.181 e. The van der Waals surface area contributed by atoms with Crippen molar-refractivity contribution in [2.45, 2.75) is 18.6 Å². The number of Topliss-reactive ketones (excluding diaryl/α,β-unsaturated/α-hetero) is 1. The van der Waals surface area contributed by atoms with Gasteiger partial charge in [-0.05, 0) is 18.6 Å². The summed E-state index contributed by atoms with van der Waals surface area (Å²) in [6.45, 7) is 1.61. The monoisotopic (exact) mass is 244 g/mol. The van der Waals surface area contributed by atoms with Gasteiger partial charge in [0.05, 0.1) is 0 Å². The first-order chi connectivity index (χ1) is 7.36. The van der Waals surface area contributed by atoms with Crippen molar-refractivity contribution in [3.8, 4) is 0 Å². The topological polar surface area (TPSA) is 51.2 Å². The molecule has 88 valence electrons. The molecule has 0 heterocycles. The Hall–Kier alpha value is -1.23. The zero-order chi connectivity index (χ0) is 12.3. The Morgan fingerprint density at radius 3 is 2.50 bits per heavy atom. The molecule has 0 spiro atoms. The third-order valence-corrected chi connectivity index (χ3v) is 3.87. The van der Waals surface area contributed by atoms with Crippen molar-refractivity contribution >= 4 is 15.6 Å². The molecule has 3 nitrogen and oxygen atoms in total. The summed E-state index contributed by atoms with van der Waals surface area (Å²) in [6.07, 6.45) is 1.20. The first-order valence-electron chi connectivity index (χ1n) is 4.85. The number of carbonyl (C=O) groups excluding carboxylic acids is 1. The van der Waals surface area contributed by atoms with E-state index in [-0.39, 0.29) is 12.0 Å². The van der Waals surface area contributed by atoms with Crippen molar-refractivity contribution in [2.24, 2.45) is 0 Å². The maximum absolute atomic E-state index is 12.9. The highest BCUT2D eigenvalue weighted by molar-refractivity contribution is 7.92. The second-order valence-electron chi connectivity index (χ2n) is 3.60. The fraction of sp³-hybridized carbons (Fsp3) is 0.364. The van der Waals surface area contributed by atoms with Gasteiger partial charge in [-0.2, -0.15) is 0 Å². The Balaban J connectivity index is 3.11. The van der Waals surface area contributed by atoms with Gasteiger partial charge in [-0.3, -0.25) is 4.79 Å². The maximum Gasteiger partial charge on any atom is 0.181 e. The summed E-state index contributed by atoms with van der Waals surface area (Å²) in [4.78, 5) is 11.8. The highest BCUT2D eigenvalue weighted by Gasteiger charge is 2.27. The van der Waals surface area contributed by atoms with Crippen LogP contribution in [0.2, 0.25) is 0 Å². The van der Waals surface area contributed by atoms with Crippen molar-refractivity contribution in [1.82, 2.24) is 0 Å². The average Bonchev–Trinajstić information content (AvgIpc) is 2.16. The second-order valence-corrected chi connectivity index (χ2v) is 5.83. The van der Waals surface area contributed by atoms with E-state index in [2.05, 4.69) is 0 Å². The van der Waals surface area contributed by atoms with Crippen LogP contribution in [0.25, 0.3) is 0 Å². The number of sulfone groups is 1. The third kappa shape index (κ3) is 2.88. The van der Waals surface area contributed by atoms with E-state index in [4.69, 9.17) is 0 Å². The average molecular weight is 244 g/mol. The lowest BCUT2D eigenvalue weighted by Gasteiger charge is -2.11. The minimum absolute atomic E-state index is 0.0947. The summed E-state index contributed by atoms with van der Waals surface area (Å²) in [5.74, 6) is -1.10. The molecular formula is C11H13FO3S. The predicted molar refractivity (Wildman–Crippen MR) is 59.7 cm³/mol. The summed E-state index contributed by atoms with van der Waals surface area (Å²) in [5.41, 5.74) is 0.0947. The van der Waals surface area contributed by atoms with Gasteiger partial charge in [0.1, 0.15) is 11.1 Å². The molecule has 5 heteroatoms. The van der Waals surface area contributed by atoms with E-state index >= 15 is 0 Å². The van der Waals surface area contributed by atoms with Crippen LogP contribution in [0.3, 0.4) is 0 Å². The van der Waals surface area contributed by atoms with Gasteiger partial charge in [-0.1, -0.05) is 19.1 Å². The Bertz CT molecular complexity index is 494. The van der Waals surface area contributed by atoms with Gasteiger partial charge < -0.3 is 0 Å². The van der Waals surface area contributed by atoms with Crippen LogP contribution < -0.4 is 0 Å². The molecule has 16 heavy (non-hydrogen) atoms. The van der Waals surface area contributed by atoms with Crippen LogP contribution in [0.5, 0.6) is 0 Å². The highest BCUT2D eigenvalue weighted by Crippen LogP contribution is 2.13. The minimum atomic E-state index is -3.45. The summed E-state index contributed by atoms with van der Waals surface area (Å²) in [7, 11) is -3.45.